The summed E-state index contributed by atoms with van der Waals surface area (Å²) in [6, 6.07) is 4.53. The molecule has 5 N–H and O–H groups in total. The fourth-order valence-electron chi connectivity index (χ4n) is 3.41. The Hall–Kier alpha value is -3.54. The molecule has 0 bridgehead atoms. The number of nitro groups is 1. The SMILES string of the molecule is CC[C@@](C)(NC(=O)CN)C(=O)N1CCC[C@H]1C(=O)NCC(=O)Nc1ccc([N+](=O)[O-])cc1. The summed E-state index contributed by atoms with van der Waals surface area (Å²) < 4.78 is 0. The van der Waals surface area contributed by atoms with Gasteiger partial charge >= 0.3 is 0 Å². The second-order valence-electron chi connectivity index (χ2n) is 7.66. The predicted octanol–water partition coefficient (Wildman–Crippen LogP) is -0.116. The third kappa shape index (κ3) is 6.00. The van der Waals surface area contributed by atoms with Crippen LogP contribution in [0.2, 0.25) is 0 Å². The van der Waals surface area contributed by atoms with E-state index in [4.69, 9.17) is 5.73 Å². The monoisotopic (exact) mass is 448 g/mol. The number of nitrogens with zero attached hydrogens (tertiary/aromatic N) is 2. The van der Waals surface area contributed by atoms with Crippen molar-refractivity contribution >= 4 is 35.0 Å². The average Bonchev–Trinajstić information content (AvgIpc) is 3.27. The molecule has 1 heterocycles. The molecule has 4 amide bonds. The van der Waals surface area contributed by atoms with Crippen LogP contribution in [0.4, 0.5) is 11.4 Å². The van der Waals surface area contributed by atoms with Crippen LogP contribution in [-0.4, -0.2) is 64.7 Å². The van der Waals surface area contributed by atoms with Gasteiger partial charge in [0.05, 0.1) is 18.0 Å². The maximum absolute atomic E-state index is 13.1. The normalized spacial score (nSPS) is 17.2. The van der Waals surface area contributed by atoms with Crippen molar-refractivity contribution in [3.63, 3.8) is 0 Å². The molecular weight excluding hydrogens is 420 g/mol. The summed E-state index contributed by atoms with van der Waals surface area (Å²) in [6.07, 6.45) is 1.37. The highest BCUT2D eigenvalue weighted by molar-refractivity contribution is 5.98. The number of hydrogen-bond acceptors (Lipinski definition) is 7. The quantitative estimate of drug-likeness (QED) is 0.301. The number of amides is 4. The topological polar surface area (TPSA) is 177 Å². The molecule has 1 saturated heterocycles. The molecule has 12 nitrogen and oxygen atoms in total. The summed E-state index contributed by atoms with van der Waals surface area (Å²) in [5.74, 6) is -1.84. The Morgan fingerprint density at radius 3 is 2.44 bits per heavy atom. The van der Waals surface area contributed by atoms with E-state index in [1.165, 1.54) is 29.2 Å². The van der Waals surface area contributed by atoms with Gasteiger partial charge in [0.1, 0.15) is 11.6 Å². The molecule has 12 heteroatoms. The summed E-state index contributed by atoms with van der Waals surface area (Å²) in [5, 5.41) is 18.4. The summed E-state index contributed by atoms with van der Waals surface area (Å²) in [4.78, 5) is 61.2. The molecule has 1 aliphatic rings. The number of nitrogens with two attached hydrogens (primary N) is 1. The molecule has 0 aliphatic carbocycles. The third-order valence-electron chi connectivity index (χ3n) is 5.38. The molecule has 174 valence electrons. The van der Waals surface area contributed by atoms with Crippen molar-refractivity contribution in [3.05, 3.63) is 34.4 Å². The molecule has 0 radical (unpaired) electrons. The van der Waals surface area contributed by atoms with Gasteiger partial charge in [0.2, 0.25) is 23.6 Å². The van der Waals surface area contributed by atoms with Crippen molar-refractivity contribution < 1.29 is 24.1 Å². The number of carbonyl (C=O) groups excluding carboxylic acids is 4. The van der Waals surface area contributed by atoms with Crippen molar-refractivity contribution in [1.29, 1.82) is 0 Å². The lowest BCUT2D eigenvalue weighted by atomic mass is 9.96. The van der Waals surface area contributed by atoms with Crippen LogP contribution in [0, 0.1) is 10.1 Å². The van der Waals surface area contributed by atoms with Crippen molar-refractivity contribution in [1.82, 2.24) is 15.5 Å². The zero-order valence-corrected chi connectivity index (χ0v) is 18.1. The van der Waals surface area contributed by atoms with E-state index in [0.29, 0.717) is 31.5 Å². The minimum atomic E-state index is -1.19. The number of benzene rings is 1. The molecule has 1 aliphatic heterocycles. The first-order valence-electron chi connectivity index (χ1n) is 10.3. The van der Waals surface area contributed by atoms with E-state index in [-0.39, 0.29) is 24.7 Å². The Kier molecular flexibility index (Phi) is 8.24. The molecular formula is C20H28N6O6. The Morgan fingerprint density at radius 1 is 1.22 bits per heavy atom. The molecule has 2 atom stereocenters. The minimum Gasteiger partial charge on any atom is -0.345 e. The van der Waals surface area contributed by atoms with Crippen LogP contribution in [0.15, 0.2) is 24.3 Å². The Bertz CT molecular complexity index is 889. The van der Waals surface area contributed by atoms with Gasteiger partial charge in [-0.1, -0.05) is 6.92 Å². The second-order valence-corrected chi connectivity index (χ2v) is 7.66. The molecule has 0 unspecified atom stereocenters. The zero-order chi connectivity index (χ0) is 23.9. The van der Waals surface area contributed by atoms with Crippen LogP contribution in [0.3, 0.4) is 0 Å². The number of hydrogen-bond donors (Lipinski definition) is 4. The van der Waals surface area contributed by atoms with E-state index in [2.05, 4.69) is 16.0 Å². The number of non-ortho nitro benzene ring substituents is 1. The van der Waals surface area contributed by atoms with Crippen LogP contribution in [0.25, 0.3) is 0 Å². The minimum absolute atomic E-state index is 0.107. The maximum Gasteiger partial charge on any atom is 0.269 e. The molecule has 1 fully saturated rings. The summed E-state index contributed by atoms with van der Waals surface area (Å²) in [5.41, 5.74) is 4.39. The van der Waals surface area contributed by atoms with Gasteiger partial charge in [-0.15, -0.1) is 0 Å². The standard InChI is InChI=1S/C20H28N6O6/c1-3-20(2,24-16(27)11-21)19(30)25-10-4-5-15(25)18(29)22-12-17(28)23-13-6-8-14(9-7-13)26(31)32/h6-9,15H,3-5,10-12,21H2,1-2H3,(H,22,29)(H,23,28)(H,24,27)/t15-,20+/m0/s1. The van der Waals surface area contributed by atoms with Crippen molar-refractivity contribution in [2.24, 2.45) is 5.73 Å². The smallest absolute Gasteiger partial charge is 0.269 e. The van der Waals surface area contributed by atoms with E-state index < -0.39 is 34.2 Å². The Labute approximate surface area is 185 Å². The fraction of sp³-hybridized carbons (Fsp3) is 0.500. The van der Waals surface area contributed by atoms with Crippen LogP contribution in [0.1, 0.15) is 33.1 Å². The third-order valence-corrected chi connectivity index (χ3v) is 5.38. The van der Waals surface area contributed by atoms with Crippen molar-refractivity contribution in [2.75, 3.05) is 25.0 Å². The fourth-order valence-corrected chi connectivity index (χ4v) is 3.41. The molecule has 0 saturated carbocycles. The maximum atomic E-state index is 13.1. The van der Waals surface area contributed by atoms with Crippen molar-refractivity contribution in [2.45, 2.75) is 44.7 Å². The van der Waals surface area contributed by atoms with E-state index in [1.54, 1.807) is 13.8 Å². The van der Waals surface area contributed by atoms with Gasteiger partial charge in [0, 0.05) is 24.4 Å². The van der Waals surface area contributed by atoms with E-state index in [1.807, 2.05) is 0 Å². The number of nitro benzene ring substituents is 1. The lowest BCUT2D eigenvalue weighted by molar-refractivity contribution is -0.384. The van der Waals surface area contributed by atoms with Gasteiger partial charge in [-0.05, 0) is 38.3 Å². The van der Waals surface area contributed by atoms with Crippen LogP contribution in [-0.2, 0) is 19.2 Å². The highest BCUT2D eigenvalue weighted by atomic mass is 16.6. The first kappa shape index (κ1) is 24.7. The summed E-state index contributed by atoms with van der Waals surface area (Å²) >= 11 is 0. The van der Waals surface area contributed by atoms with Gasteiger partial charge < -0.3 is 26.6 Å². The Balaban J connectivity index is 1.95. The highest BCUT2D eigenvalue weighted by Gasteiger charge is 2.42. The summed E-state index contributed by atoms with van der Waals surface area (Å²) in [6.45, 7) is 3.12. The molecule has 0 spiro atoms. The first-order valence-corrected chi connectivity index (χ1v) is 10.3. The molecule has 2 rings (SSSR count). The van der Waals surface area contributed by atoms with Crippen LogP contribution >= 0.6 is 0 Å². The van der Waals surface area contributed by atoms with Gasteiger partial charge in [-0.2, -0.15) is 0 Å². The van der Waals surface area contributed by atoms with Gasteiger partial charge in [-0.25, -0.2) is 0 Å². The van der Waals surface area contributed by atoms with Crippen LogP contribution in [0.5, 0.6) is 0 Å². The number of likely N-dealkylation sites (tertiary alicyclic amines) is 1. The average molecular weight is 448 g/mol. The largest absolute Gasteiger partial charge is 0.345 e. The first-order chi connectivity index (χ1) is 15.1. The van der Waals surface area contributed by atoms with Gasteiger partial charge in [-0.3, -0.25) is 29.3 Å². The van der Waals surface area contributed by atoms with Gasteiger partial charge in [0.25, 0.3) is 5.69 Å². The Morgan fingerprint density at radius 2 is 1.88 bits per heavy atom. The highest BCUT2D eigenvalue weighted by Crippen LogP contribution is 2.23. The number of nitrogens with one attached hydrogen (secondary N) is 3. The second kappa shape index (κ2) is 10.7. The number of anilines is 1. The molecule has 1 aromatic rings. The molecule has 1 aromatic carbocycles. The predicted molar refractivity (Wildman–Crippen MR) is 115 cm³/mol. The van der Waals surface area contributed by atoms with E-state index in [9.17, 15) is 29.3 Å². The molecule has 32 heavy (non-hydrogen) atoms. The lowest BCUT2D eigenvalue weighted by Crippen LogP contribution is -2.61. The lowest BCUT2D eigenvalue weighted by Gasteiger charge is -2.35. The van der Waals surface area contributed by atoms with E-state index in [0.717, 1.165) is 0 Å². The number of carbonyl (C=O) groups is 4. The zero-order valence-electron chi connectivity index (χ0n) is 18.1. The molecule has 0 aromatic heterocycles. The van der Waals surface area contributed by atoms with E-state index >= 15 is 0 Å². The summed E-state index contributed by atoms with van der Waals surface area (Å²) in [7, 11) is 0. The number of rotatable bonds is 9. The van der Waals surface area contributed by atoms with Crippen molar-refractivity contribution in [3.8, 4) is 0 Å². The van der Waals surface area contributed by atoms with Gasteiger partial charge in [0.15, 0.2) is 0 Å². The van der Waals surface area contributed by atoms with Crippen LogP contribution < -0.4 is 21.7 Å².